The van der Waals surface area contributed by atoms with E-state index in [1.807, 2.05) is 0 Å². The zero-order chi connectivity index (χ0) is 8.39. The molecule has 0 aliphatic heterocycles. The van der Waals surface area contributed by atoms with Crippen LogP contribution in [0.5, 0.6) is 0 Å². The fourth-order valence-electron chi connectivity index (χ4n) is 0.904. The standard InChI is InChI=1S/C7H7N5/c8-6-1-2-12(3-6)7-10-4-9-5-11-7/h1-5H,8H2. The molecule has 2 aromatic rings. The number of hydrogen-bond donors (Lipinski definition) is 1. The van der Waals surface area contributed by atoms with Crippen LogP contribution in [0, 0.1) is 0 Å². The molecule has 0 radical (unpaired) electrons. The lowest BCUT2D eigenvalue weighted by Crippen LogP contribution is -1.97. The Hall–Kier alpha value is -1.91. The second-order valence-corrected chi connectivity index (χ2v) is 2.29. The molecule has 0 unspecified atom stereocenters. The summed E-state index contributed by atoms with van der Waals surface area (Å²) in [6.45, 7) is 0. The van der Waals surface area contributed by atoms with Crippen LogP contribution >= 0.6 is 0 Å². The summed E-state index contributed by atoms with van der Waals surface area (Å²) in [7, 11) is 0. The van der Waals surface area contributed by atoms with Gasteiger partial charge in [-0.25, -0.2) is 15.0 Å². The van der Waals surface area contributed by atoms with E-state index in [-0.39, 0.29) is 0 Å². The molecule has 60 valence electrons. The first kappa shape index (κ1) is 6.78. The molecular formula is C7H7N5. The Morgan fingerprint density at radius 2 is 2.00 bits per heavy atom. The van der Waals surface area contributed by atoms with Crippen LogP contribution in [0.15, 0.2) is 31.1 Å². The molecule has 0 fully saturated rings. The maximum Gasteiger partial charge on any atom is 0.236 e. The first-order chi connectivity index (χ1) is 5.86. The summed E-state index contributed by atoms with van der Waals surface area (Å²) in [5.41, 5.74) is 6.21. The highest BCUT2D eigenvalue weighted by atomic mass is 15.2. The van der Waals surface area contributed by atoms with E-state index in [0.29, 0.717) is 11.6 Å². The van der Waals surface area contributed by atoms with Gasteiger partial charge in [-0.3, -0.25) is 4.57 Å². The Labute approximate surface area is 68.9 Å². The molecule has 0 saturated carbocycles. The van der Waals surface area contributed by atoms with Crippen LogP contribution in [0.4, 0.5) is 5.69 Å². The SMILES string of the molecule is Nc1ccn(-c2ncncn2)c1. The third-order valence-electron chi connectivity index (χ3n) is 1.43. The average molecular weight is 161 g/mol. The van der Waals surface area contributed by atoms with Crippen molar-refractivity contribution < 1.29 is 0 Å². The highest BCUT2D eigenvalue weighted by molar-refractivity contribution is 5.37. The van der Waals surface area contributed by atoms with Gasteiger partial charge in [0, 0.05) is 18.1 Å². The van der Waals surface area contributed by atoms with Crippen molar-refractivity contribution in [1.82, 2.24) is 19.5 Å². The third kappa shape index (κ3) is 1.12. The smallest absolute Gasteiger partial charge is 0.236 e. The first-order valence-corrected chi connectivity index (χ1v) is 3.42. The van der Waals surface area contributed by atoms with E-state index in [4.69, 9.17) is 5.73 Å². The Bertz CT molecular complexity index is 366. The zero-order valence-corrected chi connectivity index (χ0v) is 6.25. The number of nitrogen functional groups attached to an aromatic ring is 1. The molecule has 0 aromatic carbocycles. The lowest BCUT2D eigenvalue weighted by molar-refractivity contribution is 0.901. The topological polar surface area (TPSA) is 69.6 Å². The maximum atomic E-state index is 5.52. The Balaban J connectivity index is 2.45. The second kappa shape index (κ2) is 2.61. The van der Waals surface area contributed by atoms with Gasteiger partial charge in [-0.05, 0) is 6.07 Å². The van der Waals surface area contributed by atoms with Crippen molar-refractivity contribution in [2.24, 2.45) is 0 Å². The van der Waals surface area contributed by atoms with Crippen LogP contribution in [0.3, 0.4) is 0 Å². The molecule has 0 atom stereocenters. The fraction of sp³-hybridized carbons (Fsp3) is 0. The molecule has 12 heavy (non-hydrogen) atoms. The van der Waals surface area contributed by atoms with Gasteiger partial charge in [-0.1, -0.05) is 0 Å². The van der Waals surface area contributed by atoms with E-state index >= 15 is 0 Å². The molecule has 2 heterocycles. The molecule has 5 nitrogen and oxygen atoms in total. The summed E-state index contributed by atoms with van der Waals surface area (Å²) >= 11 is 0. The normalized spacial score (nSPS) is 10.0. The quantitative estimate of drug-likeness (QED) is 0.650. The monoisotopic (exact) mass is 161 g/mol. The highest BCUT2D eigenvalue weighted by Crippen LogP contribution is 2.05. The van der Waals surface area contributed by atoms with E-state index in [2.05, 4.69) is 15.0 Å². The Kier molecular flexibility index (Phi) is 1.48. The van der Waals surface area contributed by atoms with Gasteiger partial charge in [-0.2, -0.15) is 0 Å². The number of aromatic nitrogens is 4. The predicted molar refractivity (Wildman–Crippen MR) is 43.6 cm³/mol. The molecule has 2 rings (SSSR count). The van der Waals surface area contributed by atoms with Crippen LogP contribution in [-0.2, 0) is 0 Å². The van der Waals surface area contributed by atoms with Crippen LogP contribution in [-0.4, -0.2) is 19.5 Å². The lowest BCUT2D eigenvalue weighted by Gasteiger charge is -1.96. The molecule has 0 bridgehead atoms. The van der Waals surface area contributed by atoms with Crippen molar-refractivity contribution in [3.8, 4) is 5.95 Å². The molecular weight excluding hydrogens is 154 g/mol. The molecule has 0 saturated heterocycles. The van der Waals surface area contributed by atoms with Gasteiger partial charge in [0.2, 0.25) is 5.95 Å². The largest absolute Gasteiger partial charge is 0.397 e. The van der Waals surface area contributed by atoms with Crippen molar-refractivity contribution in [3.63, 3.8) is 0 Å². The van der Waals surface area contributed by atoms with E-state index < -0.39 is 0 Å². The number of anilines is 1. The van der Waals surface area contributed by atoms with Gasteiger partial charge in [0.1, 0.15) is 12.7 Å². The number of rotatable bonds is 1. The summed E-state index contributed by atoms with van der Waals surface area (Å²) in [4.78, 5) is 11.6. The number of nitrogens with two attached hydrogens (primary N) is 1. The minimum atomic E-state index is 0.571. The lowest BCUT2D eigenvalue weighted by atomic mass is 10.6. The minimum absolute atomic E-state index is 0.571. The van der Waals surface area contributed by atoms with Crippen molar-refractivity contribution >= 4 is 5.69 Å². The third-order valence-corrected chi connectivity index (χ3v) is 1.43. The van der Waals surface area contributed by atoms with Crippen molar-refractivity contribution in [2.75, 3.05) is 5.73 Å². The zero-order valence-electron chi connectivity index (χ0n) is 6.25. The van der Waals surface area contributed by atoms with E-state index in [9.17, 15) is 0 Å². The van der Waals surface area contributed by atoms with Crippen LogP contribution in [0.1, 0.15) is 0 Å². The van der Waals surface area contributed by atoms with Gasteiger partial charge < -0.3 is 5.73 Å². The summed E-state index contributed by atoms with van der Waals surface area (Å²) in [5, 5.41) is 0. The van der Waals surface area contributed by atoms with E-state index in [0.717, 1.165) is 0 Å². The van der Waals surface area contributed by atoms with E-state index in [1.165, 1.54) is 12.7 Å². The second-order valence-electron chi connectivity index (χ2n) is 2.29. The molecule has 0 aliphatic carbocycles. The van der Waals surface area contributed by atoms with Crippen LogP contribution in [0.25, 0.3) is 5.95 Å². The van der Waals surface area contributed by atoms with Gasteiger partial charge in [0.25, 0.3) is 0 Å². The summed E-state index contributed by atoms with van der Waals surface area (Å²) < 4.78 is 1.73. The predicted octanol–water partition coefficient (Wildman–Crippen LogP) is 0.245. The first-order valence-electron chi connectivity index (χ1n) is 3.42. The van der Waals surface area contributed by atoms with E-state index in [1.54, 1.807) is 23.0 Å². The molecule has 0 spiro atoms. The van der Waals surface area contributed by atoms with Crippen LogP contribution in [0.2, 0.25) is 0 Å². The van der Waals surface area contributed by atoms with Crippen molar-refractivity contribution in [1.29, 1.82) is 0 Å². The number of hydrogen-bond acceptors (Lipinski definition) is 4. The summed E-state index contributed by atoms with van der Waals surface area (Å²) in [5.74, 6) is 0.571. The van der Waals surface area contributed by atoms with Crippen molar-refractivity contribution in [2.45, 2.75) is 0 Å². The van der Waals surface area contributed by atoms with Crippen molar-refractivity contribution in [3.05, 3.63) is 31.1 Å². The maximum absolute atomic E-state index is 5.52. The Morgan fingerprint density at radius 1 is 1.25 bits per heavy atom. The molecule has 0 aliphatic rings. The Morgan fingerprint density at radius 3 is 2.58 bits per heavy atom. The van der Waals surface area contributed by atoms with Crippen LogP contribution < -0.4 is 5.73 Å². The molecule has 0 amide bonds. The number of nitrogens with zero attached hydrogens (tertiary/aromatic N) is 4. The fourth-order valence-corrected chi connectivity index (χ4v) is 0.904. The highest BCUT2D eigenvalue weighted by Gasteiger charge is 1.96. The minimum Gasteiger partial charge on any atom is -0.397 e. The summed E-state index contributed by atoms with van der Waals surface area (Å²) in [6.07, 6.45) is 6.43. The van der Waals surface area contributed by atoms with Gasteiger partial charge in [0.05, 0.1) is 0 Å². The average Bonchev–Trinajstić information content (AvgIpc) is 2.54. The molecule has 2 aromatic heterocycles. The summed E-state index contributed by atoms with van der Waals surface area (Å²) in [6, 6.07) is 1.78. The van der Waals surface area contributed by atoms with Gasteiger partial charge >= 0.3 is 0 Å². The van der Waals surface area contributed by atoms with Gasteiger partial charge in [-0.15, -0.1) is 0 Å². The van der Waals surface area contributed by atoms with Gasteiger partial charge in [0.15, 0.2) is 0 Å². The molecule has 5 heteroatoms. The molecule has 2 N–H and O–H groups in total.